The van der Waals surface area contributed by atoms with Crippen molar-refractivity contribution in [3.05, 3.63) is 110 Å². The lowest BCUT2D eigenvalue weighted by atomic mass is 9.87. The van der Waals surface area contributed by atoms with Gasteiger partial charge in [0.05, 0.1) is 16.5 Å². The first-order valence-electron chi connectivity index (χ1n) is 11.0. The number of nitro groups is 1. The summed E-state index contributed by atoms with van der Waals surface area (Å²) in [6, 6.07) is 17.4. The standard InChI is InChI=1S/C27H25FN2O4/c1-17-3-10-24-20(13-17)11-12-29(23-8-6-22(28)7-9-23)26(24)15-19-4-5-21(16-27(32)18(2)31)25(14-19)30(33)34/h3-10,13-14,16,26,32H,11-12,15H2,1-2H3/b27-16+. The fourth-order valence-corrected chi connectivity index (χ4v) is 4.47. The van der Waals surface area contributed by atoms with Gasteiger partial charge in [-0.15, -0.1) is 0 Å². The van der Waals surface area contributed by atoms with E-state index in [2.05, 4.69) is 23.1 Å². The summed E-state index contributed by atoms with van der Waals surface area (Å²) in [4.78, 5) is 24.8. The minimum absolute atomic E-state index is 0.0959. The van der Waals surface area contributed by atoms with Gasteiger partial charge in [0.15, 0.2) is 11.5 Å². The molecule has 34 heavy (non-hydrogen) atoms. The second-order valence-corrected chi connectivity index (χ2v) is 8.58. The van der Waals surface area contributed by atoms with Crippen molar-refractivity contribution in [1.82, 2.24) is 0 Å². The largest absolute Gasteiger partial charge is 0.504 e. The molecule has 1 N–H and O–H groups in total. The third-order valence-electron chi connectivity index (χ3n) is 6.19. The number of ketones is 1. The van der Waals surface area contributed by atoms with E-state index in [-0.39, 0.29) is 23.1 Å². The third-order valence-corrected chi connectivity index (χ3v) is 6.19. The van der Waals surface area contributed by atoms with Crippen LogP contribution in [0.3, 0.4) is 0 Å². The molecule has 1 unspecified atom stereocenters. The summed E-state index contributed by atoms with van der Waals surface area (Å²) in [5.41, 5.74) is 5.17. The van der Waals surface area contributed by atoms with E-state index in [0.717, 1.165) is 35.9 Å². The molecule has 4 rings (SSSR count). The van der Waals surface area contributed by atoms with Gasteiger partial charge < -0.3 is 10.0 Å². The normalized spacial score (nSPS) is 15.7. The van der Waals surface area contributed by atoms with Crippen molar-refractivity contribution < 1.29 is 19.2 Å². The van der Waals surface area contributed by atoms with Crippen molar-refractivity contribution >= 4 is 23.2 Å². The van der Waals surface area contributed by atoms with Crippen molar-refractivity contribution in [2.75, 3.05) is 11.4 Å². The Kier molecular flexibility index (Phi) is 6.45. The molecule has 0 bridgehead atoms. The molecule has 7 heteroatoms. The first kappa shape index (κ1) is 23.2. The van der Waals surface area contributed by atoms with E-state index in [9.17, 15) is 24.4 Å². The molecule has 0 aromatic heterocycles. The van der Waals surface area contributed by atoms with E-state index >= 15 is 0 Å². The van der Waals surface area contributed by atoms with Crippen molar-refractivity contribution in [3.63, 3.8) is 0 Å². The highest BCUT2D eigenvalue weighted by Gasteiger charge is 2.29. The van der Waals surface area contributed by atoms with E-state index < -0.39 is 16.5 Å². The smallest absolute Gasteiger partial charge is 0.276 e. The number of carbonyl (C=O) groups is 1. The van der Waals surface area contributed by atoms with Crippen LogP contribution in [0.5, 0.6) is 0 Å². The minimum atomic E-state index is -0.567. The summed E-state index contributed by atoms with van der Waals surface area (Å²) in [5.74, 6) is -1.40. The van der Waals surface area contributed by atoms with Gasteiger partial charge in [0.1, 0.15) is 5.82 Å². The van der Waals surface area contributed by atoms with E-state index in [1.54, 1.807) is 24.3 Å². The Bertz CT molecular complexity index is 1280. The van der Waals surface area contributed by atoms with Crippen molar-refractivity contribution in [2.45, 2.75) is 32.7 Å². The van der Waals surface area contributed by atoms with Gasteiger partial charge in [-0.3, -0.25) is 14.9 Å². The van der Waals surface area contributed by atoms with Crippen LogP contribution >= 0.6 is 0 Å². The average molecular weight is 461 g/mol. The molecule has 0 aliphatic carbocycles. The summed E-state index contributed by atoms with van der Waals surface area (Å²) in [7, 11) is 0. The summed E-state index contributed by atoms with van der Waals surface area (Å²) in [5, 5.41) is 21.5. The predicted octanol–water partition coefficient (Wildman–Crippen LogP) is 5.88. The fraction of sp³-hybridized carbons (Fsp3) is 0.222. The van der Waals surface area contributed by atoms with Crippen LogP contribution in [0, 0.1) is 22.9 Å². The lowest BCUT2D eigenvalue weighted by Gasteiger charge is -2.39. The number of nitro benzene ring substituents is 1. The van der Waals surface area contributed by atoms with Gasteiger partial charge in [0.25, 0.3) is 5.69 Å². The van der Waals surface area contributed by atoms with E-state index in [1.807, 2.05) is 6.92 Å². The number of nitrogens with zero attached hydrogens (tertiary/aromatic N) is 2. The Labute approximate surface area is 197 Å². The molecule has 0 saturated heterocycles. The monoisotopic (exact) mass is 460 g/mol. The molecule has 6 nitrogen and oxygen atoms in total. The van der Waals surface area contributed by atoms with Crippen LogP contribution in [-0.4, -0.2) is 22.4 Å². The molecule has 1 aliphatic rings. The molecule has 0 spiro atoms. The number of anilines is 1. The number of hydrogen-bond acceptors (Lipinski definition) is 5. The number of halogens is 1. The van der Waals surface area contributed by atoms with Gasteiger partial charge in [0, 0.05) is 25.2 Å². The third kappa shape index (κ3) is 4.83. The number of allylic oxidation sites excluding steroid dienone is 1. The van der Waals surface area contributed by atoms with Crippen LogP contribution in [-0.2, 0) is 17.6 Å². The maximum absolute atomic E-state index is 13.6. The molecule has 0 saturated carbocycles. The Morgan fingerprint density at radius 2 is 1.91 bits per heavy atom. The Morgan fingerprint density at radius 3 is 2.59 bits per heavy atom. The lowest BCUT2D eigenvalue weighted by Crippen LogP contribution is -2.36. The topological polar surface area (TPSA) is 83.7 Å². The summed E-state index contributed by atoms with van der Waals surface area (Å²) >= 11 is 0. The van der Waals surface area contributed by atoms with Gasteiger partial charge in [-0.2, -0.15) is 0 Å². The quantitative estimate of drug-likeness (QED) is 0.215. The SMILES string of the molecule is CC(=O)/C(O)=C\c1ccc(CC2c3ccc(C)cc3CCN2c2ccc(F)cc2)cc1[N+](=O)[O-]. The van der Waals surface area contributed by atoms with Crippen LogP contribution in [0.1, 0.15) is 40.8 Å². The highest BCUT2D eigenvalue weighted by molar-refractivity contribution is 5.95. The summed E-state index contributed by atoms with van der Waals surface area (Å²) in [6.07, 6.45) is 2.46. The zero-order valence-corrected chi connectivity index (χ0v) is 19.0. The summed E-state index contributed by atoms with van der Waals surface area (Å²) < 4.78 is 13.6. The van der Waals surface area contributed by atoms with E-state index in [0.29, 0.717) is 6.42 Å². The average Bonchev–Trinajstić information content (AvgIpc) is 2.80. The molecule has 0 amide bonds. The Hall–Kier alpha value is -4.00. The minimum Gasteiger partial charge on any atom is -0.504 e. The van der Waals surface area contributed by atoms with E-state index in [4.69, 9.17) is 0 Å². The number of aliphatic hydroxyl groups excluding tert-OH is 1. The fourth-order valence-electron chi connectivity index (χ4n) is 4.47. The first-order valence-corrected chi connectivity index (χ1v) is 11.0. The molecule has 0 fully saturated rings. The van der Waals surface area contributed by atoms with Crippen LogP contribution < -0.4 is 4.90 Å². The molecule has 3 aromatic carbocycles. The number of aryl methyl sites for hydroxylation is 1. The zero-order valence-electron chi connectivity index (χ0n) is 19.0. The Morgan fingerprint density at radius 1 is 1.18 bits per heavy atom. The predicted molar refractivity (Wildman–Crippen MR) is 129 cm³/mol. The van der Waals surface area contributed by atoms with Crippen molar-refractivity contribution in [3.8, 4) is 0 Å². The van der Waals surface area contributed by atoms with Gasteiger partial charge in [-0.05, 0) is 72.9 Å². The van der Waals surface area contributed by atoms with Crippen LogP contribution in [0.25, 0.3) is 6.08 Å². The second kappa shape index (κ2) is 9.47. The van der Waals surface area contributed by atoms with Gasteiger partial charge in [-0.1, -0.05) is 29.8 Å². The van der Waals surface area contributed by atoms with Crippen LogP contribution in [0.4, 0.5) is 15.8 Å². The lowest BCUT2D eigenvalue weighted by molar-refractivity contribution is -0.385. The molecule has 1 heterocycles. The van der Waals surface area contributed by atoms with Crippen LogP contribution in [0.15, 0.2) is 66.4 Å². The van der Waals surface area contributed by atoms with E-state index in [1.165, 1.54) is 36.2 Å². The molecular formula is C27H25FN2O4. The number of aliphatic hydroxyl groups is 1. The number of fused-ring (bicyclic) bond motifs is 1. The highest BCUT2D eigenvalue weighted by atomic mass is 19.1. The first-order chi connectivity index (χ1) is 16.2. The zero-order chi connectivity index (χ0) is 24.4. The number of Topliss-reactive ketones (excluding diaryl/α,β-unsaturated/α-hetero) is 1. The number of benzene rings is 3. The number of carbonyl (C=O) groups excluding carboxylic acids is 1. The molecule has 1 atom stereocenters. The number of hydrogen-bond donors (Lipinski definition) is 1. The second-order valence-electron chi connectivity index (χ2n) is 8.58. The molecule has 174 valence electrons. The highest BCUT2D eigenvalue weighted by Crippen LogP contribution is 2.37. The molecule has 1 aliphatic heterocycles. The van der Waals surface area contributed by atoms with Gasteiger partial charge in [0.2, 0.25) is 0 Å². The molecule has 0 radical (unpaired) electrons. The number of rotatable bonds is 6. The summed E-state index contributed by atoms with van der Waals surface area (Å²) in [6.45, 7) is 3.98. The molecular weight excluding hydrogens is 435 g/mol. The Balaban J connectivity index is 1.75. The van der Waals surface area contributed by atoms with Gasteiger partial charge >= 0.3 is 0 Å². The van der Waals surface area contributed by atoms with Crippen molar-refractivity contribution in [1.29, 1.82) is 0 Å². The van der Waals surface area contributed by atoms with Gasteiger partial charge in [-0.25, -0.2) is 4.39 Å². The molecule has 3 aromatic rings. The van der Waals surface area contributed by atoms with Crippen LogP contribution in [0.2, 0.25) is 0 Å². The van der Waals surface area contributed by atoms with Crippen molar-refractivity contribution in [2.24, 2.45) is 0 Å². The maximum atomic E-state index is 13.6. The maximum Gasteiger partial charge on any atom is 0.276 e.